The summed E-state index contributed by atoms with van der Waals surface area (Å²) < 4.78 is 10.5. The third kappa shape index (κ3) is 3.70. The van der Waals surface area contributed by atoms with Gasteiger partial charge in [0.1, 0.15) is 11.5 Å². The van der Waals surface area contributed by atoms with Gasteiger partial charge >= 0.3 is 0 Å². The Balaban J connectivity index is 2.22. The van der Waals surface area contributed by atoms with Crippen molar-refractivity contribution in [3.8, 4) is 11.5 Å². The van der Waals surface area contributed by atoms with Crippen LogP contribution in [0.25, 0.3) is 0 Å². The van der Waals surface area contributed by atoms with Crippen LogP contribution in [0, 0.1) is 0 Å². The molecule has 0 spiro atoms. The van der Waals surface area contributed by atoms with Crippen molar-refractivity contribution in [3.63, 3.8) is 0 Å². The van der Waals surface area contributed by atoms with Gasteiger partial charge in [0.2, 0.25) is 0 Å². The predicted molar refractivity (Wildman–Crippen MR) is 86.6 cm³/mol. The minimum Gasteiger partial charge on any atom is -0.497 e. The SMILES string of the molecule is COc1ccc(C(=O)N(CCCBr)C2CCC2)c(OC)c1. The zero-order valence-corrected chi connectivity index (χ0v) is 14.2. The van der Waals surface area contributed by atoms with Crippen LogP contribution in [0.1, 0.15) is 36.0 Å². The topological polar surface area (TPSA) is 38.8 Å². The number of carbonyl (C=O) groups is 1. The van der Waals surface area contributed by atoms with Gasteiger partial charge in [-0.25, -0.2) is 0 Å². The number of hydrogen-bond donors (Lipinski definition) is 0. The summed E-state index contributed by atoms with van der Waals surface area (Å²) in [6.45, 7) is 0.782. The highest BCUT2D eigenvalue weighted by Crippen LogP contribution is 2.30. The van der Waals surface area contributed by atoms with Gasteiger partial charge in [-0.15, -0.1) is 0 Å². The Morgan fingerprint density at radius 1 is 1.33 bits per heavy atom. The molecule has 0 aliphatic heterocycles. The fraction of sp³-hybridized carbons (Fsp3) is 0.562. The lowest BCUT2D eigenvalue weighted by Gasteiger charge is -2.38. The number of methoxy groups -OCH3 is 2. The molecule has 0 radical (unpaired) electrons. The van der Waals surface area contributed by atoms with Crippen LogP contribution >= 0.6 is 15.9 Å². The fourth-order valence-electron chi connectivity index (χ4n) is 2.51. The molecule has 1 aromatic carbocycles. The molecule has 1 aliphatic carbocycles. The van der Waals surface area contributed by atoms with E-state index in [0.29, 0.717) is 23.1 Å². The summed E-state index contributed by atoms with van der Waals surface area (Å²) in [6, 6.07) is 5.73. The third-order valence-corrected chi connectivity index (χ3v) is 4.51. The highest BCUT2D eigenvalue weighted by atomic mass is 79.9. The van der Waals surface area contributed by atoms with Crippen molar-refractivity contribution in [2.24, 2.45) is 0 Å². The van der Waals surface area contributed by atoms with Crippen molar-refractivity contribution < 1.29 is 14.3 Å². The molecule has 0 heterocycles. The molecule has 1 fully saturated rings. The van der Waals surface area contributed by atoms with E-state index in [2.05, 4.69) is 15.9 Å². The van der Waals surface area contributed by atoms with E-state index < -0.39 is 0 Å². The van der Waals surface area contributed by atoms with Gasteiger partial charge in [-0.2, -0.15) is 0 Å². The Morgan fingerprint density at radius 2 is 2.10 bits per heavy atom. The number of carbonyl (C=O) groups excluding carboxylic acids is 1. The van der Waals surface area contributed by atoms with Gasteiger partial charge in [-0.3, -0.25) is 4.79 Å². The second-order valence-electron chi connectivity index (χ2n) is 5.19. The zero-order valence-electron chi connectivity index (χ0n) is 12.6. The van der Waals surface area contributed by atoms with Crippen LogP contribution in [-0.4, -0.2) is 42.9 Å². The normalized spacial score (nSPS) is 14.4. The van der Waals surface area contributed by atoms with Crippen molar-refractivity contribution in [1.29, 1.82) is 0 Å². The number of ether oxygens (including phenoxy) is 2. The smallest absolute Gasteiger partial charge is 0.257 e. The summed E-state index contributed by atoms with van der Waals surface area (Å²) in [5, 5.41) is 0.906. The molecule has 1 saturated carbocycles. The Hall–Kier alpha value is -1.23. The first-order valence-electron chi connectivity index (χ1n) is 7.30. The van der Waals surface area contributed by atoms with Gasteiger partial charge in [-0.1, -0.05) is 15.9 Å². The van der Waals surface area contributed by atoms with E-state index in [-0.39, 0.29) is 5.91 Å². The first kappa shape index (κ1) is 16.1. The van der Waals surface area contributed by atoms with Crippen molar-refractivity contribution in [2.75, 3.05) is 26.1 Å². The van der Waals surface area contributed by atoms with E-state index >= 15 is 0 Å². The second-order valence-corrected chi connectivity index (χ2v) is 5.99. The van der Waals surface area contributed by atoms with E-state index in [1.54, 1.807) is 32.4 Å². The van der Waals surface area contributed by atoms with E-state index in [1.807, 2.05) is 4.90 Å². The van der Waals surface area contributed by atoms with E-state index in [9.17, 15) is 4.79 Å². The molecule has 21 heavy (non-hydrogen) atoms. The van der Waals surface area contributed by atoms with Crippen molar-refractivity contribution >= 4 is 21.8 Å². The molecule has 0 bridgehead atoms. The van der Waals surface area contributed by atoms with Crippen LogP contribution < -0.4 is 9.47 Å². The van der Waals surface area contributed by atoms with Gasteiger partial charge in [0.15, 0.2) is 0 Å². The number of hydrogen-bond acceptors (Lipinski definition) is 3. The van der Waals surface area contributed by atoms with E-state index in [0.717, 1.165) is 31.1 Å². The van der Waals surface area contributed by atoms with Crippen molar-refractivity contribution in [1.82, 2.24) is 4.90 Å². The first-order chi connectivity index (χ1) is 10.2. The lowest BCUT2D eigenvalue weighted by Crippen LogP contribution is -2.45. The van der Waals surface area contributed by atoms with Crippen LogP contribution in [0.5, 0.6) is 11.5 Å². The Kier molecular flexibility index (Phi) is 5.91. The number of amides is 1. The summed E-state index contributed by atoms with van der Waals surface area (Å²) >= 11 is 3.44. The largest absolute Gasteiger partial charge is 0.497 e. The highest BCUT2D eigenvalue weighted by molar-refractivity contribution is 9.09. The summed E-state index contributed by atoms with van der Waals surface area (Å²) in [6.07, 6.45) is 4.38. The molecule has 5 heteroatoms. The molecule has 1 aromatic rings. The minimum absolute atomic E-state index is 0.0557. The van der Waals surface area contributed by atoms with Crippen molar-refractivity contribution in [3.05, 3.63) is 23.8 Å². The Morgan fingerprint density at radius 3 is 2.62 bits per heavy atom. The number of alkyl halides is 1. The molecule has 0 unspecified atom stereocenters. The molecule has 1 amide bonds. The standard InChI is InChI=1S/C16H22BrNO3/c1-20-13-7-8-14(15(11-13)21-2)16(19)18(10-4-9-17)12-5-3-6-12/h7-8,11-12H,3-6,9-10H2,1-2H3. The van der Waals surface area contributed by atoms with Gasteiger partial charge < -0.3 is 14.4 Å². The molecule has 2 rings (SSSR count). The van der Waals surface area contributed by atoms with E-state index in [4.69, 9.17) is 9.47 Å². The first-order valence-corrected chi connectivity index (χ1v) is 8.42. The van der Waals surface area contributed by atoms with Crippen molar-refractivity contribution in [2.45, 2.75) is 31.7 Å². The molecule has 116 valence electrons. The number of nitrogens with zero attached hydrogens (tertiary/aromatic N) is 1. The molecule has 0 N–H and O–H groups in total. The van der Waals surface area contributed by atoms with Crippen LogP contribution in [0.3, 0.4) is 0 Å². The average molecular weight is 356 g/mol. The van der Waals surface area contributed by atoms with Crippen LogP contribution in [0.4, 0.5) is 0 Å². The Labute approximate surface area is 134 Å². The summed E-state index contributed by atoms with van der Waals surface area (Å²) in [4.78, 5) is 14.8. The number of halogens is 1. The van der Waals surface area contributed by atoms with Gasteiger partial charge in [0.25, 0.3) is 5.91 Å². The minimum atomic E-state index is 0.0557. The molecular formula is C16H22BrNO3. The molecule has 0 atom stereocenters. The molecular weight excluding hydrogens is 334 g/mol. The second kappa shape index (κ2) is 7.69. The number of benzene rings is 1. The zero-order chi connectivity index (χ0) is 15.2. The lowest BCUT2D eigenvalue weighted by atomic mass is 9.90. The van der Waals surface area contributed by atoms with Gasteiger partial charge in [-0.05, 0) is 37.8 Å². The maximum absolute atomic E-state index is 12.9. The van der Waals surface area contributed by atoms with Gasteiger partial charge in [0.05, 0.1) is 19.8 Å². The molecule has 1 aliphatic rings. The van der Waals surface area contributed by atoms with Crippen LogP contribution in [-0.2, 0) is 0 Å². The molecule has 0 aromatic heterocycles. The lowest BCUT2D eigenvalue weighted by molar-refractivity contribution is 0.0578. The quantitative estimate of drug-likeness (QED) is 0.702. The Bertz CT molecular complexity index is 488. The summed E-state index contributed by atoms with van der Waals surface area (Å²) in [7, 11) is 3.19. The maximum Gasteiger partial charge on any atom is 0.257 e. The van der Waals surface area contributed by atoms with Crippen LogP contribution in [0.15, 0.2) is 18.2 Å². The number of rotatable bonds is 7. The average Bonchev–Trinajstić information content (AvgIpc) is 2.48. The maximum atomic E-state index is 12.9. The summed E-state index contributed by atoms with van der Waals surface area (Å²) in [5.74, 6) is 1.32. The fourth-order valence-corrected chi connectivity index (χ4v) is 2.76. The van der Waals surface area contributed by atoms with Crippen LogP contribution in [0.2, 0.25) is 0 Å². The molecule has 4 nitrogen and oxygen atoms in total. The van der Waals surface area contributed by atoms with Gasteiger partial charge in [0, 0.05) is 24.0 Å². The summed E-state index contributed by atoms with van der Waals surface area (Å²) in [5.41, 5.74) is 0.611. The third-order valence-electron chi connectivity index (χ3n) is 3.95. The monoisotopic (exact) mass is 355 g/mol. The highest BCUT2D eigenvalue weighted by Gasteiger charge is 2.30. The predicted octanol–water partition coefficient (Wildman–Crippen LogP) is 3.48. The van der Waals surface area contributed by atoms with E-state index in [1.165, 1.54) is 6.42 Å². The molecule has 0 saturated heterocycles.